The second kappa shape index (κ2) is 6.45. The average molecular weight is 247 g/mol. The molecule has 2 N–H and O–H groups in total. The van der Waals surface area contributed by atoms with Crippen molar-refractivity contribution in [3.05, 3.63) is 0 Å². The lowest BCUT2D eigenvalue weighted by molar-refractivity contribution is -0.122. The number of piperidine rings is 1. The Morgan fingerprint density at radius 3 is 2.75 bits per heavy atom. The van der Waals surface area contributed by atoms with Crippen molar-refractivity contribution in [2.45, 2.75) is 45.1 Å². The number of amides is 1. The third kappa shape index (κ3) is 4.30. The molecule has 0 aromatic carbocycles. The summed E-state index contributed by atoms with van der Waals surface area (Å²) in [5, 5.41) is 6.47. The molecule has 0 radical (unpaired) electrons. The first-order valence-electron chi connectivity index (χ1n) is 6.26. The second-order valence-corrected chi connectivity index (χ2v) is 5.13. The summed E-state index contributed by atoms with van der Waals surface area (Å²) in [5.41, 5.74) is 0. The van der Waals surface area contributed by atoms with E-state index in [2.05, 4.69) is 17.6 Å². The largest absolute Gasteiger partial charge is 0.353 e. The highest BCUT2D eigenvalue weighted by molar-refractivity contribution is 5.85. The Morgan fingerprint density at radius 1 is 1.44 bits per heavy atom. The molecule has 1 aliphatic heterocycles. The van der Waals surface area contributed by atoms with Crippen molar-refractivity contribution in [3.63, 3.8) is 0 Å². The van der Waals surface area contributed by atoms with Gasteiger partial charge in [-0.05, 0) is 50.6 Å². The average Bonchev–Trinajstić information content (AvgIpc) is 3.03. The molecule has 0 bridgehead atoms. The topological polar surface area (TPSA) is 41.1 Å². The molecule has 94 valence electrons. The third-order valence-electron chi connectivity index (χ3n) is 3.59. The molecule has 1 aliphatic carbocycles. The van der Waals surface area contributed by atoms with Crippen LogP contribution < -0.4 is 10.6 Å². The highest BCUT2D eigenvalue weighted by Gasteiger charge is 2.26. The molecule has 4 heteroatoms. The van der Waals surface area contributed by atoms with Crippen LogP contribution in [0.15, 0.2) is 0 Å². The minimum Gasteiger partial charge on any atom is -0.353 e. The van der Waals surface area contributed by atoms with Crippen LogP contribution in [0.2, 0.25) is 0 Å². The van der Waals surface area contributed by atoms with Crippen LogP contribution in [0.3, 0.4) is 0 Å². The van der Waals surface area contributed by atoms with Gasteiger partial charge in [0.2, 0.25) is 5.91 Å². The lowest BCUT2D eigenvalue weighted by Crippen LogP contribution is -2.36. The van der Waals surface area contributed by atoms with Gasteiger partial charge >= 0.3 is 0 Å². The smallest absolute Gasteiger partial charge is 0.220 e. The fourth-order valence-electron chi connectivity index (χ4n) is 2.34. The van der Waals surface area contributed by atoms with Gasteiger partial charge in [0, 0.05) is 12.5 Å². The lowest BCUT2D eigenvalue weighted by Gasteiger charge is -2.28. The van der Waals surface area contributed by atoms with Gasteiger partial charge in [-0.3, -0.25) is 4.79 Å². The Balaban J connectivity index is 0.00000128. The Hall–Kier alpha value is -0.280. The molecular formula is C12H23ClN2O. The summed E-state index contributed by atoms with van der Waals surface area (Å²) in [6.45, 7) is 4.46. The number of nitrogens with one attached hydrogen (secondary N) is 2. The SMILES string of the molecule is CC(CC(=O)NC1CC1)C1CCCNC1.Cl. The fraction of sp³-hybridized carbons (Fsp3) is 0.917. The van der Waals surface area contributed by atoms with Gasteiger partial charge in [-0.1, -0.05) is 6.92 Å². The maximum atomic E-state index is 11.6. The zero-order valence-electron chi connectivity index (χ0n) is 10.00. The maximum Gasteiger partial charge on any atom is 0.220 e. The van der Waals surface area contributed by atoms with Crippen molar-refractivity contribution in [2.75, 3.05) is 13.1 Å². The number of carbonyl (C=O) groups is 1. The molecule has 2 unspecified atom stereocenters. The van der Waals surface area contributed by atoms with Crippen molar-refractivity contribution < 1.29 is 4.79 Å². The quantitative estimate of drug-likeness (QED) is 0.793. The van der Waals surface area contributed by atoms with E-state index in [4.69, 9.17) is 0 Å². The van der Waals surface area contributed by atoms with E-state index in [-0.39, 0.29) is 18.3 Å². The van der Waals surface area contributed by atoms with Gasteiger partial charge in [-0.2, -0.15) is 0 Å². The summed E-state index contributed by atoms with van der Waals surface area (Å²) < 4.78 is 0. The van der Waals surface area contributed by atoms with Crippen molar-refractivity contribution in [2.24, 2.45) is 11.8 Å². The molecule has 1 heterocycles. The normalized spacial score (nSPS) is 26.7. The Morgan fingerprint density at radius 2 is 2.19 bits per heavy atom. The first-order valence-corrected chi connectivity index (χ1v) is 6.26. The molecule has 2 fully saturated rings. The van der Waals surface area contributed by atoms with E-state index >= 15 is 0 Å². The third-order valence-corrected chi connectivity index (χ3v) is 3.59. The van der Waals surface area contributed by atoms with Crippen LogP contribution >= 0.6 is 12.4 Å². The van der Waals surface area contributed by atoms with Gasteiger partial charge in [0.15, 0.2) is 0 Å². The number of hydrogen-bond donors (Lipinski definition) is 2. The molecule has 3 nitrogen and oxygen atoms in total. The van der Waals surface area contributed by atoms with Gasteiger partial charge in [0.25, 0.3) is 0 Å². The molecule has 1 saturated heterocycles. The zero-order valence-corrected chi connectivity index (χ0v) is 10.8. The summed E-state index contributed by atoms with van der Waals surface area (Å²) in [6.07, 6.45) is 5.63. The second-order valence-electron chi connectivity index (χ2n) is 5.13. The van der Waals surface area contributed by atoms with Crippen LogP contribution in [-0.2, 0) is 4.79 Å². The summed E-state index contributed by atoms with van der Waals surface area (Å²) >= 11 is 0. The van der Waals surface area contributed by atoms with Gasteiger partial charge in [0.05, 0.1) is 0 Å². The molecular weight excluding hydrogens is 224 g/mol. The van der Waals surface area contributed by atoms with E-state index in [9.17, 15) is 4.79 Å². The molecule has 1 amide bonds. The summed E-state index contributed by atoms with van der Waals surface area (Å²) in [4.78, 5) is 11.6. The Kier molecular flexibility index (Phi) is 5.56. The van der Waals surface area contributed by atoms with Crippen LogP contribution in [0.1, 0.15) is 39.0 Å². The van der Waals surface area contributed by atoms with E-state index in [0.717, 1.165) is 13.1 Å². The molecule has 0 aromatic heterocycles. The highest BCUT2D eigenvalue weighted by atomic mass is 35.5. The summed E-state index contributed by atoms with van der Waals surface area (Å²) in [5.74, 6) is 1.48. The minimum atomic E-state index is 0. The number of halogens is 1. The summed E-state index contributed by atoms with van der Waals surface area (Å²) in [7, 11) is 0. The van der Waals surface area contributed by atoms with E-state index in [1.165, 1.54) is 25.7 Å². The van der Waals surface area contributed by atoms with Crippen molar-refractivity contribution in [1.82, 2.24) is 10.6 Å². The standard InChI is InChI=1S/C12H22N2O.ClH/c1-9(10-3-2-6-13-8-10)7-12(15)14-11-4-5-11;/h9-11,13H,2-8H2,1H3,(H,14,15);1H. The monoisotopic (exact) mass is 246 g/mol. The van der Waals surface area contributed by atoms with Crippen molar-refractivity contribution >= 4 is 18.3 Å². The van der Waals surface area contributed by atoms with E-state index in [0.29, 0.717) is 24.3 Å². The van der Waals surface area contributed by atoms with Gasteiger partial charge < -0.3 is 10.6 Å². The predicted octanol–water partition coefficient (Wildman–Crippen LogP) is 1.71. The zero-order chi connectivity index (χ0) is 10.7. The Bertz CT molecular complexity index is 225. The predicted molar refractivity (Wildman–Crippen MR) is 67.8 cm³/mol. The van der Waals surface area contributed by atoms with Gasteiger partial charge in [0.1, 0.15) is 0 Å². The molecule has 1 saturated carbocycles. The van der Waals surface area contributed by atoms with Crippen molar-refractivity contribution in [3.8, 4) is 0 Å². The van der Waals surface area contributed by atoms with Crippen molar-refractivity contribution in [1.29, 1.82) is 0 Å². The van der Waals surface area contributed by atoms with E-state index < -0.39 is 0 Å². The molecule has 0 aromatic rings. The minimum absolute atomic E-state index is 0. The van der Waals surface area contributed by atoms with E-state index in [1.54, 1.807) is 0 Å². The first-order chi connectivity index (χ1) is 7.25. The number of carbonyl (C=O) groups excluding carboxylic acids is 1. The van der Waals surface area contributed by atoms with Crippen LogP contribution in [0.5, 0.6) is 0 Å². The van der Waals surface area contributed by atoms with Gasteiger partial charge in [-0.15, -0.1) is 12.4 Å². The number of rotatable bonds is 4. The fourth-order valence-corrected chi connectivity index (χ4v) is 2.34. The lowest BCUT2D eigenvalue weighted by atomic mass is 9.85. The Labute approximate surface area is 104 Å². The van der Waals surface area contributed by atoms with Crippen LogP contribution in [-0.4, -0.2) is 25.0 Å². The first kappa shape index (κ1) is 13.8. The highest BCUT2D eigenvalue weighted by Crippen LogP contribution is 2.24. The van der Waals surface area contributed by atoms with Crippen LogP contribution in [0, 0.1) is 11.8 Å². The molecule has 2 aliphatic rings. The molecule has 2 rings (SSSR count). The van der Waals surface area contributed by atoms with Crippen LogP contribution in [0.25, 0.3) is 0 Å². The molecule has 2 atom stereocenters. The van der Waals surface area contributed by atoms with Crippen LogP contribution in [0.4, 0.5) is 0 Å². The van der Waals surface area contributed by atoms with Gasteiger partial charge in [-0.25, -0.2) is 0 Å². The molecule has 0 spiro atoms. The molecule has 16 heavy (non-hydrogen) atoms. The maximum absolute atomic E-state index is 11.6. The van der Waals surface area contributed by atoms with E-state index in [1.807, 2.05) is 0 Å². The summed E-state index contributed by atoms with van der Waals surface area (Å²) in [6, 6.07) is 0.509. The number of hydrogen-bond acceptors (Lipinski definition) is 2.